The maximum absolute atomic E-state index is 13.2. The summed E-state index contributed by atoms with van der Waals surface area (Å²) < 4.78 is 66.3. The van der Waals surface area contributed by atoms with Gasteiger partial charge in [0.05, 0.1) is 10.6 Å². The van der Waals surface area contributed by atoms with Crippen LogP contribution in [-0.4, -0.2) is 13.4 Å². The minimum atomic E-state index is -4.12. The molecule has 0 aliphatic carbocycles. The third-order valence-corrected chi connectivity index (χ3v) is 4.61. The maximum Gasteiger partial charge on any atom is 0.262 e. The molecule has 0 spiro atoms. The highest BCUT2D eigenvalue weighted by atomic mass is 32.2. The van der Waals surface area contributed by atoms with Crippen LogP contribution >= 0.6 is 0 Å². The topological polar surface area (TPSA) is 59.1 Å². The van der Waals surface area contributed by atoms with Gasteiger partial charge in [-0.3, -0.25) is 9.71 Å². The number of hydrogen-bond donors (Lipinski definition) is 1. The molecule has 0 fully saturated rings. The summed E-state index contributed by atoms with van der Waals surface area (Å²) in [6.45, 7) is 0. The summed E-state index contributed by atoms with van der Waals surface area (Å²) in [5.74, 6) is -4.63. The number of benzene rings is 2. The third kappa shape index (κ3) is 2.85. The number of fused-ring (bicyclic) bond motifs is 1. The first kappa shape index (κ1) is 15.3. The molecule has 1 N–H and O–H groups in total. The average Bonchev–Trinajstić information content (AvgIpc) is 2.51. The van der Waals surface area contributed by atoms with E-state index in [0.29, 0.717) is 22.9 Å². The fourth-order valence-corrected chi connectivity index (χ4v) is 3.42. The quantitative estimate of drug-likeness (QED) is 0.744. The number of sulfonamides is 1. The Morgan fingerprint density at radius 1 is 1.00 bits per heavy atom. The molecule has 2 aromatic carbocycles. The van der Waals surface area contributed by atoms with Crippen LogP contribution in [0, 0.1) is 17.5 Å². The fraction of sp³-hybridized carbons (Fsp3) is 0. The number of halogens is 3. The Hall–Kier alpha value is -2.61. The van der Waals surface area contributed by atoms with Crippen LogP contribution in [0.3, 0.4) is 0 Å². The second kappa shape index (κ2) is 5.54. The van der Waals surface area contributed by atoms with Crippen molar-refractivity contribution in [2.45, 2.75) is 4.90 Å². The van der Waals surface area contributed by atoms with Crippen molar-refractivity contribution in [2.75, 3.05) is 4.72 Å². The van der Waals surface area contributed by atoms with E-state index in [0.717, 1.165) is 0 Å². The standard InChI is InChI=1S/C15H9F3N2O2S/c16-12-6-10(7-13(17)15(12)18)20-23(21,22)14-3-1-2-9-8-19-5-4-11(9)14/h1-8,20H. The lowest BCUT2D eigenvalue weighted by Gasteiger charge is -2.11. The van der Waals surface area contributed by atoms with Crippen molar-refractivity contribution in [1.29, 1.82) is 0 Å². The van der Waals surface area contributed by atoms with Gasteiger partial charge in [-0.05, 0) is 12.1 Å². The number of hydrogen-bond acceptors (Lipinski definition) is 3. The van der Waals surface area contributed by atoms with E-state index in [1.165, 1.54) is 30.6 Å². The highest BCUT2D eigenvalue weighted by molar-refractivity contribution is 7.93. The zero-order valence-corrected chi connectivity index (χ0v) is 12.2. The third-order valence-electron chi connectivity index (χ3n) is 3.17. The van der Waals surface area contributed by atoms with Gasteiger partial charge in [-0.2, -0.15) is 0 Å². The van der Waals surface area contributed by atoms with Gasteiger partial charge in [0, 0.05) is 35.3 Å². The summed E-state index contributed by atoms with van der Waals surface area (Å²) in [7, 11) is -4.12. The van der Waals surface area contributed by atoms with E-state index in [1.54, 1.807) is 6.07 Å². The van der Waals surface area contributed by atoms with Crippen molar-refractivity contribution in [3.05, 3.63) is 66.2 Å². The molecule has 0 aliphatic heterocycles. The lowest BCUT2D eigenvalue weighted by atomic mass is 10.2. The monoisotopic (exact) mass is 338 g/mol. The van der Waals surface area contributed by atoms with E-state index >= 15 is 0 Å². The molecule has 0 radical (unpaired) electrons. The smallest absolute Gasteiger partial charge is 0.262 e. The zero-order chi connectivity index (χ0) is 16.6. The van der Waals surface area contributed by atoms with Gasteiger partial charge in [-0.1, -0.05) is 12.1 Å². The molecule has 8 heteroatoms. The molecule has 1 heterocycles. The van der Waals surface area contributed by atoms with E-state index in [-0.39, 0.29) is 4.90 Å². The predicted molar refractivity (Wildman–Crippen MR) is 78.9 cm³/mol. The molecule has 0 aliphatic rings. The van der Waals surface area contributed by atoms with Crippen molar-refractivity contribution in [3.63, 3.8) is 0 Å². The summed E-state index contributed by atoms with van der Waals surface area (Å²) in [5, 5.41) is 0.991. The Kier molecular flexibility index (Phi) is 3.69. The van der Waals surface area contributed by atoms with Gasteiger partial charge in [-0.15, -0.1) is 0 Å². The van der Waals surface area contributed by atoms with Crippen molar-refractivity contribution in [1.82, 2.24) is 4.98 Å². The lowest BCUT2D eigenvalue weighted by molar-refractivity contribution is 0.448. The molecule has 3 aromatic rings. The minimum Gasteiger partial charge on any atom is -0.279 e. The van der Waals surface area contributed by atoms with Gasteiger partial charge >= 0.3 is 0 Å². The summed E-state index contributed by atoms with van der Waals surface area (Å²) in [6.07, 6.45) is 2.92. The van der Waals surface area contributed by atoms with E-state index in [1.807, 2.05) is 4.72 Å². The maximum atomic E-state index is 13.2. The number of anilines is 1. The summed E-state index contributed by atoms with van der Waals surface area (Å²) in [4.78, 5) is 3.82. The molecular formula is C15H9F3N2O2S. The Morgan fingerprint density at radius 3 is 2.39 bits per heavy atom. The molecule has 0 bridgehead atoms. The number of aromatic nitrogens is 1. The predicted octanol–water partition coefficient (Wildman–Crippen LogP) is 3.45. The Bertz CT molecular complexity index is 978. The van der Waals surface area contributed by atoms with Crippen molar-refractivity contribution in [2.24, 2.45) is 0 Å². The van der Waals surface area contributed by atoms with E-state index in [2.05, 4.69) is 4.98 Å². The van der Waals surface area contributed by atoms with Crippen LogP contribution in [0.2, 0.25) is 0 Å². The van der Waals surface area contributed by atoms with Crippen LogP contribution in [0.15, 0.2) is 53.7 Å². The number of rotatable bonds is 3. The molecule has 3 rings (SSSR count). The normalized spacial score (nSPS) is 11.6. The molecular weight excluding hydrogens is 329 g/mol. The van der Waals surface area contributed by atoms with Crippen molar-refractivity contribution in [3.8, 4) is 0 Å². The molecule has 0 amide bonds. The van der Waals surface area contributed by atoms with Crippen molar-refractivity contribution < 1.29 is 21.6 Å². The number of pyridine rings is 1. The molecule has 0 unspecified atom stereocenters. The summed E-state index contributed by atoms with van der Waals surface area (Å²) in [6, 6.07) is 7.20. The van der Waals surface area contributed by atoms with Crippen LogP contribution in [0.25, 0.3) is 10.8 Å². The van der Waals surface area contributed by atoms with Crippen LogP contribution in [-0.2, 0) is 10.0 Å². The van der Waals surface area contributed by atoms with Gasteiger partial charge in [0.1, 0.15) is 0 Å². The molecule has 23 heavy (non-hydrogen) atoms. The van der Waals surface area contributed by atoms with Gasteiger partial charge < -0.3 is 0 Å². The first-order chi connectivity index (χ1) is 10.9. The second-order valence-electron chi connectivity index (χ2n) is 4.71. The lowest BCUT2D eigenvalue weighted by Crippen LogP contribution is -2.14. The largest absolute Gasteiger partial charge is 0.279 e. The van der Waals surface area contributed by atoms with E-state index < -0.39 is 33.2 Å². The first-order valence-electron chi connectivity index (χ1n) is 6.38. The molecule has 0 atom stereocenters. The highest BCUT2D eigenvalue weighted by Gasteiger charge is 2.19. The number of nitrogens with one attached hydrogen (secondary N) is 1. The Labute approximate surface area is 129 Å². The van der Waals surface area contributed by atoms with Gasteiger partial charge in [-0.25, -0.2) is 21.6 Å². The average molecular weight is 338 g/mol. The van der Waals surface area contributed by atoms with E-state index in [9.17, 15) is 21.6 Å². The van der Waals surface area contributed by atoms with E-state index in [4.69, 9.17) is 0 Å². The summed E-state index contributed by atoms with van der Waals surface area (Å²) >= 11 is 0. The van der Waals surface area contributed by atoms with Crippen LogP contribution < -0.4 is 4.72 Å². The SMILES string of the molecule is O=S(=O)(Nc1cc(F)c(F)c(F)c1)c1cccc2cnccc12. The van der Waals surface area contributed by atoms with Gasteiger partial charge in [0.2, 0.25) is 0 Å². The van der Waals surface area contributed by atoms with Crippen LogP contribution in [0.5, 0.6) is 0 Å². The zero-order valence-electron chi connectivity index (χ0n) is 11.4. The molecule has 118 valence electrons. The Balaban J connectivity index is 2.08. The van der Waals surface area contributed by atoms with Crippen LogP contribution in [0.1, 0.15) is 0 Å². The van der Waals surface area contributed by atoms with Gasteiger partial charge in [0.25, 0.3) is 10.0 Å². The molecule has 0 saturated heterocycles. The summed E-state index contributed by atoms with van der Waals surface area (Å²) in [5.41, 5.74) is -0.410. The Morgan fingerprint density at radius 2 is 1.70 bits per heavy atom. The fourth-order valence-electron chi connectivity index (χ4n) is 2.15. The molecule has 1 aromatic heterocycles. The highest BCUT2D eigenvalue weighted by Crippen LogP contribution is 2.25. The van der Waals surface area contributed by atoms with Gasteiger partial charge in [0.15, 0.2) is 17.5 Å². The molecule has 4 nitrogen and oxygen atoms in total. The number of nitrogens with zero attached hydrogens (tertiary/aromatic N) is 1. The first-order valence-corrected chi connectivity index (χ1v) is 7.87. The molecule has 0 saturated carbocycles. The van der Waals surface area contributed by atoms with Crippen LogP contribution in [0.4, 0.5) is 18.9 Å². The second-order valence-corrected chi connectivity index (χ2v) is 6.36. The van der Waals surface area contributed by atoms with Crippen molar-refractivity contribution >= 4 is 26.5 Å². The minimum absolute atomic E-state index is 0.0810.